The van der Waals surface area contributed by atoms with E-state index in [4.69, 9.17) is 15.2 Å². The first-order valence-corrected chi connectivity index (χ1v) is 6.97. The van der Waals surface area contributed by atoms with Crippen molar-refractivity contribution in [1.29, 1.82) is 0 Å². The number of benzene rings is 1. The Kier molecular flexibility index (Phi) is 6.01. The van der Waals surface area contributed by atoms with Gasteiger partial charge in [-0.25, -0.2) is 4.79 Å². The van der Waals surface area contributed by atoms with Crippen molar-refractivity contribution in [3.8, 4) is 11.5 Å². The van der Waals surface area contributed by atoms with Crippen molar-refractivity contribution in [2.45, 2.75) is 38.9 Å². The molecule has 124 valence electrons. The lowest BCUT2D eigenvalue weighted by molar-refractivity contribution is 0.0635. The Morgan fingerprint density at radius 2 is 2.05 bits per heavy atom. The van der Waals surface area contributed by atoms with Gasteiger partial charge in [0.1, 0.15) is 5.60 Å². The van der Waals surface area contributed by atoms with Gasteiger partial charge < -0.3 is 25.4 Å². The summed E-state index contributed by atoms with van der Waals surface area (Å²) in [6.07, 6.45) is -1.19. The smallest absolute Gasteiger partial charge is 0.412 e. The molecule has 0 aliphatic carbocycles. The lowest BCUT2D eigenvalue weighted by atomic mass is 10.0. The van der Waals surface area contributed by atoms with Gasteiger partial charge in [-0.2, -0.15) is 0 Å². The fourth-order valence-corrected chi connectivity index (χ4v) is 1.81. The van der Waals surface area contributed by atoms with Crippen LogP contribution in [0.4, 0.5) is 10.5 Å². The van der Waals surface area contributed by atoms with Gasteiger partial charge in [-0.1, -0.05) is 0 Å². The van der Waals surface area contributed by atoms with Crippen molar-refractivity contribution in [2.24, 2.45) is 5.73 Å². The van der Waals surface area contributed by atoms with Crippen LogP contribution in [0.1, 0.15) is 38.9 Å². The lowest BCUT2D eigenvalue weighted by Gasteiger charge is -2.21. The second kappa shape index (κ2) is 7.33. The summed E-state index contributed by atoms with van der Waals surface area (Å²) in [4.78, 5) is 11.8. The van der Waals surface area contributed by atoms with Gasteiger partial charge in [0.15, 0.2) is 11.5 Å². The quantitative estimate of drug-likeness (QED) is 0.619. The molecule has 0 unspecified atom stereocenters. The zero-order valence-electron chi connectivity index (χ0n) is 13.3. The molecule has 0 spiro atoms. The largest absolute Gasteiger partial charge is 0.503 e. The molecule has 1 aromatic rings. The van der Waals surface area contributed by atoms with Gasteiger partial charge in [-0.05, 0) is 51.4 Å². The Morgan fingerprint density at radius 3 is 2.55 bits per heavy atom. The third-order valence-corrected chi connectivity index (χ3v) is 2.78. The van der Waals surface area contributed by atoms with Crippen molar-refractivity contribution >= 4 is 11.8 Å². The fourth-order valence-electron chi connectivity index (χ4n) is 1.81. The first-order valence-electron chi connectivity index (χ1n) is 6.97. The fraction of sp³-hybridized carbons (Fsp3) is 0.533. The number of rotatable bonds is 5. The van der Waals surface area contributed by atoms with Crippen LogP contribution in [0.3, 0.4) is 0 Å². The predicted octanol–water partition coefficient (Wildman–Crippen LogP) is 2.13. The first kappa shape index (κ1) is 18.1. The van der Waals surface area contributed by atoms with Gasteiger partial charge in [-0.3, -0.25) is 5.32 Å². The van der Waals surface area contributed by atoms with Gasteiger partial charge >= 0.3 is 6.09 Å². The van der Waals surface area contributed by atoms with E-state index in [1.165, 1.54) is 19.2 Å². The zero-order valence-corrected chi connectivity index (χ0v) is 13.3. The van der Waals surface area contributed by atoms with Crippen LogP contribution in [-0.2, 0) is 4.74 Å². The van der Waals surface area contributed by atoms with E-state index < -0.39 is 17.8 Å². The second-order valence-electron chi connectivity index (χ2n) is 5.84. The number of anilines is 1. The molecule has 7 nitrogen and oxygen atoms in total. The van der Waals surface area contributed by atoms with E-state index in [1.807, 2.05) is 0 Å². The highest BCUT2D eigenvalue weighted by Gasteiger charge is 2.20. The van der Waals surface area contributed by atoms with Crippen LogP contribution >= 0.6 is 0 Å². The normalized spacial score (nSPS) is 12.6. The number of methoxy groups -OCH3 is 1. The Balaban J connectivity index is 3.07. The van der Waals surface area contributed by atoms with Gasteiger partial charge in [-0.15, -0.1) is 0 Å². The minimum Gasteiger partial charge on any atom is -0.503 e. The molecule has 1 aromatic carbocycles. The van der Waals surface area contributed by atoms with Gasteiger partial charge in [0, 0.05) is 0 Å². The second-order valence-corrected chi connectivity index (χ2v) is 5.84. The van der Waals surface area contributed by atoms with E-state index in [0.29, 0.717) is 18.5 Å². The monoisotopic (exact) mass is 312 g/mol. The van der Waals surface area contributed by atoms with Crippen LogP contribution in [-0.4, -0.2) is 35.6 Å². The molecule has 0 fully saturated rings. The van der Waals surface area contributed by atoms with Crippen molar-refractivity contribution in [3.05, 3.63) is 17.7 Å². The summed E-state index contributed by atoms with van der Waals surface area (Å²) in [5, 5.41) is 22.5. The van der Waals surface area contributed by atoms with E-state index in [0.717, 1.165) is 0 Å². The molecule has 0 saturated carbocycles. The Labute approximate surface area is 130 Å². The highest BCUT2D eigenvalue weighted by Crippen LogP contribution is 2.37. The number of carbonyl (C=O) groups is 1. The van der Waals surface area contributed by atoms with E-state index in [2.05, 4.69) is 5.32 Å². The molecule has 0 aliphatic rings. The number of amides is 1. The molecule has 0 bridgehead atoms. The minimum atomic E-state index is -0.821. The third kappa shape index (κ3) is 5.09. The van der Waals surface area contributed by atoms with Crippen molar-refractivity contribution < 1.29 is 24.5 Å². The highest BCUT2D eigenvalue weighted by atomic mass is 16.6. The number of hydrogen-bond donors (Lipinski definition) is 4. The zero-order chi connectivity index (χ0) is 16.9. The van der Waals surface area contributed by atoms with E-state index in [1.54, 1.807) is 20.8 Å². The maximum absolute atomic E-state index is 11.8. The maximum atomic E-state index is 11.8. The molecule has 1 amide bonds. The number of hydrogen-bond acceptors (Lipinski definition) is 6. The van der Waals surface area contributed by atoms with Gasteiger partial charge in [0.05, 0.1) is 18.9 Å². The molecule has 5 N–H and O–H groups in total. The van der Waals surface area contributed by atoms with Crippen molar-refractivity contribution in [2.75, 3.05) is 19.0 Å². The highest BCUT2D eigenvalue weighted by molar-refractivity contribution is 5.88. The van der Waals surface area contributed by atoms with Crippen LogP contribution in [0.5, 0.6) is 11.5 Å². The summed E-state index contributed by atoms with van der Waals surface area (Å²) < 4.78 is 10.2. The Morgan fingerprint density at radius 1 is 1.41 bits per heavy atom. The van der Waals surface area contributed by atoms with Gasteiger partial charge in [0.2, 0.25) is 0 Å². The number of nitrogens with two attached hydrogens (primary N) is 1. The first-order chi connectivity index (χ1) is 10.2. The van der Waals surface area contributed by atoms with E-state index in [-0.39, 0.29) is 17.2 Å². The van der Waals surface area contributed by atoms with Crippen LogP contribution in [0.15, 0.2) is 12.1 Å². The molecular formula is C15H24N2O5. The topological polar surface area (TPSA) is 114 Å². The Hall–Kier alpha value is -1.99. The molecule has 7 heteroatoms. The lowest BCUT2D eigenvalue weighted by Crippen LogP contribution is -2.27. The third-order valence-electron chi connectivity index (χ3n) is 2.78. The summed E-state index contributed by atoms with van der Waals surface area (Å²) >= 11 is 0. The standard InChI is InChI=1S/C15H24N2O5/c1-15(2,3)22-14(20)17-10-7-9(11(18)5-6-16)8-12(21-4)13(10)19/h7-8,11,18-19H,5-6,16H2,1-4H3,(H,17,20)/t11-/m1/s1. The Bertz CT molecular complexity index is 525. The summed E-state index contributed by atoms with van der Waals surface area (Å²) in [5.74, 6) is -0.100. The number of phenolic OH excluding ortho intramolecular Hbond substituents is 1. The van der Waals surface area contributed by atoms with Crippen LogP contribution in [0, 0.1) is 0 Å². The summed E-state index contributed by atoms with van der Waals surface area (Å²) in [6.45, 7) is 5.50. The molecule has 22 heavy (non-hydrogen) atoms. The SMILES string of the molecule is COc1cc([C@H](O)CCN)cc(NC(=O)OC(C)(C)C)c1O. The van der Waals surface area contributed by atoms with E-state index >= 15 is 0 Å². The summed E-state index contributed by atoms with van der Waals surface area (Å²) in [6, 6.07) is 2.96. The van der Waals surface area contributed by atoms with Crippen molar-refractivity contribution in [3.63, 3.8) is 0 Å². The van der Waals surface area contributed by atoms with Crippen molar-refractivity contribution in [1.82, 2.24) is 0 Å². The van der Waals surface area contributed by atoms with E-state index in [9.17, 15) is 15.0 Å². The average Bonchev–Trinajstić information content (AvgIpc) is 2.39. The summed E-state index contributed by atoms with van der Waals surface area (Å²) in [5.41, 5.74) is 5.33. The molecule has 1 rings (SSSR count). The molecule has 0 aromatic heterocycles. The predicted molar refractivity (Wildman–Crippen MR) is 83.1 cm³/mol. The minimum absolute atomic E-state index is 0.0969. The molecular weight excluding hydrogens is 288 g/mol. The number of carbonyl (C=O) groups excluding carboxylic acids is 1. The number of phenols is 1. The van der Waals surface area contributed by atoms with Crippen LogP contribution in [0.25, 0.3) is 0 Å². The number of aliphatic hydroxyl groups excluding tert-OH is 1. The molecule has 0 radical (unpaired) electrons. The van der Waals surface area contributed by atoms with Gasteiger partial charge in [0.25, 0.3) is 0 Å². The molecule has 0 aliphatic heterocycles. The summed E-state index contributed by atoms with van der Waals surface area (Å²) in [7, 11) is 1.38. The van der Waals surface area contributed by atoms with Crippen LogP contribution in [0.2, 0.25) is 0 Å². The molecule has 0 heterocycles. The number of aliphatic hydroxyl groups is 1. The molecule has 0 saturated heterocycles. The number of aromatic hydroxyl groups is 1. The maximum Gasteiger partial charge on any atom is 0.412 e. The number of nitrogens with one attached hydrogen (secondary N) is 1. The average molecular weight is 312 g/mol. The number of ether oxygens (including phenoxy) is 2. The van der Waals surface area contributed by atoms with Crippen LogP contribution < -0.4 is 15.8 Å². The molecule has 1 atom stereocenters.